The van der Waals surface area contributed by atoms with Gasteiger partial charge >= 0.3 is 0 Å². The minimum atomic E-state index is 0. The highest BCUT2D eigenvalue weighted by molar-refractivity contribution is 5.37. The molecule has 0 spiro atoms. The van der Waals surface area contributed by atoms with Gasteiger partial charge in [0.05, 0.1) is 0 Å². The maximum absolute atomic E-state index is 3.68. The first kappa shape index (κ1) is 6.18. The molecule has 0 aromatic rings. The Kier molecular flexibility index (Phi) is 2.09. The molecule has 0 aromatic heterocycles. The van der Waals surface area contributed by atoms with E-state index in [1.165, 1.54) is 0 Å². The van der Waals surface area contributed by atoms with Crippen molar-refractivity contribution >= 4 is 0 Å². The molecule has 0 atom stereocenters. The second-order valence-corrected chi connectivity index (χ2v) is 1.29. The van der Waals surface area contributed by atoms with Crippen LogP contribution in [0.1, 0.15) is 0 Å². The molecule has 1 nitrogen and oxygen atoms in total. The van der Waals surface area contributed by atoms with Crippen molar-refractivity contribution in [3.05, 3.63) is 36.5 Å². The van der Waals surface area contributed by atoms with Gasteiger partial charge in [0.15, 0.2) is 0 Å². The number of allylic oxidation sites excluding steroid dienone is 5. The first-order valence-electron chi connectivity index (χ1n) is 1.93. The van der Waals surface area contributed by atoms with Gasteiger partial charge in [-0.1, -0.05) is 30.9 Å². The van der Waals surface area contributed by atoms with Gasteiger partial charge in [-0.05, 0) is 5.57 Å². The maximum atomic E-state index is 3.68. The van der Waals surface area contributed by atoms with E-state index in [0.717, 1.165) is 5.57 Å². The molecule has 3 N–H and O–H groups in total. The van der Waals surface area contributed by atoms with Crippen LogP contribution in [0, 0.1) is 0 Å². The number of rotatable bonds is 0. The van der Waals surface area contributed by atoms with Crippen LogP contribution in [0.2, 0.25) is 0 Å². The molecular weight excluding hydrogens is 86.1 g/mol. The summed E-state index contributed by atoms with van der Waals surface area (Å²) >= 11 is 0. The quantitative estimate of drug-likeness (QED) is 0.489. The summed E-state index contributed by atoms with van der Waals surface area (Å²) in [4.78, 5) is 0. The summed E-state index contributed by atoms with van der Waals surface area (Å²) in [6.45, 7) is 3.68. The fourth-order valence-corrected chi connectivity index (χ4v) is 0.414. The predicted molar refractivity (Wildman–Crippen MR) is 32.4 cm³/mol. The topological polar surface area (TPSA) is 35.0 Å². The highest BCUT2D eigenvalue weighted by Crippen LogP contribution is 2.01. The Labute approximate surface area is 43.6 Å². The third kappa shape index (κ3) is 1.37. The average Bonchev–Trinajstić information content (AvgIpc) is 1.86. The zero-order valence-electron chi connectivity index (χ0n) is 4.22. The molecule has 0 amide bonds. The van der Waals surface area contributed by atoms with Gasteiger partial charge in [-0.25, -0.2) is 0 Å². The molecule has 0 fully saturated rings. The molecule has 0 saturated heterocycles. The van der Waals surface area contributed by atoms with Gasteiger partial charge in [-0.15, -0.1) is 0 Å². The molecule has 0 unspecified atom stereocenters. The normalized spacial score (nSPS) is 14.6. The Bertz CT molecular complexity index is 106. The van der Waals surface area contributed by atoms with Gasteiger partial charge in [-0.2, -0.15) is 0 Å². The minimum Gasteiger partial charge on any atom is -0.344 e. The fraction of sp³-hybridized carbons (Fsp3) is 0. The summed E-state index contributed by atoms with van der Waals surface area (Å²) in [5, 5.41) is 0. The Hall–Kier alpha value is -0.820. The lowest BCUT2D eigenvalue weighted by atomic mass is 10.4. The molecule has 1 aliphatic rings. The summed E-state index contributed by atoms with van der Waals surface area (Å²) in [5.74, 6) is 0. The smallest absolute Gasteiger partial charge is 0.0329 e. The Morgan fingerprint density at radius 3 is 1.71 bits per heavy atom. The first-order valence-corrected chi connectivity index (χ1v) is 1.93. The maximum Gasteiger partial charge on any atom is -0.0329 e. The van der Waals surface area contributed by atoms with E-state index in [-0.39, 0.29) is 6.15 Å². The van der Waals surface area contributed by atoms with Crippen LogP contribution in [-0.4, -0.2) is 0 Å². The molecule has 0 aliphatic heterocycles. The van der Waals surface area contributed by atoms with Crippen molar-refractivity contribution in [2.75, 3.05) is 0 Å². The zero-order chi connectivity index (χ0) is 4.41. The van der Waals surface area contributed by atoms with E-state index in [9.17, 15) is 0 Å². The summed E-state index contributed by atoms with van der Waals surface area (Å²) in [6, 6.07) is 0. The lowest BCUT2D eigenvalue weighted by Crippen LogP contribution is -1.50. The Morgan fingerprint density at radius 2 is 1.57 bits per heavy atom. The summed E-state index contributed by atoms with van der Waals surface area (Å²) in [6.07, 6.45) is 7.89. The third-order valence-electron chi connectivity index (χ3n) is 0.732. The van der Waals surface area contributed by atoms with Crippen molar-refractivity contribution in [1.29, 1.82) is 0 Å². The van der Waals surface area contributed by atoms with Gasteiger partial charge in [0.2, 0.25) is 0 Å². The molecule has 7 heavy (non-hydrogen) atoms. The van der Waals surface area contributed by atoms with E-state index in [1.54, 1.807) is 0 Å². The third-order valence-corrected chi connectivity index (χ3v) is 0.732. The van der Waals surface area contributed by atoms with Crippen LogP contribution >= 0.6 is 0 Å². The van der Waals surface area contributed by atoms with E-state index >= 15 is 0 Å². The minimum absolute atomic E-state index is 0. The molecule has 1 aliphatic carbocycles. The van der Waals surface area contributed by atoms with E-state index in [2.05, 4.69) is 6.58 Å². The molecular formula is C6H9N. The van der Waals surface area contributed by atoms with Crippen molar-refractivity contribution in [2.45, 2.75) is 0 Å². The van der Waals surface area contributed by atoms with E-state index < -0.39 is 0 Å². The molecule has 1 heteroatoms. The number of hydrogen-bond acceptors (Lipinski definition) is 1. The van der Waals surface area contributed by atoms with E-state index in [1.807, 2.05) is 24.3 Å². The van der Waals surface area contributed by atoms with Gasteiger partial charge in [0.25, 0.3) is 0 Å². The van der Waals surface area contributed by atoms with E-state index in [0.29, 0.717) is 0 Å². The van der Waals surface area contributed by atoms with Crippen LogP contribution < -0.4 is 6.15 Å². The summed E-state index contributed by atoms with van der Waals surface area (Å²) < 4.78 is 0. The van der Waals surface area contributed by atoms with Crippen molar-refractivity contribution in [1.82, 2.24) is 6.15 Å². The number of hydrogen-bond donors (Lipinski definition) is 1. The standard InChI is InChI=1S/C6H6.H3N/c1-6-4-2-3-5-6;/h2-5H,1H2;1H3. The van der Waals surface area contributed by atoms with Crippen LogP contribution in [0.5, 0.6) is 0 Å². The van der Waals surface area contributed by atoms with Crippen LogP contribution in [0.4, 0.5) is 0 Å². The fourth-order valence-electron chi connectivity index (χ4n) is 0.414. The van der Waals surface area contributed by atoms with E-state index in [4.69, 9.17) is 0 Å². The molecule has 38 valence electrons. The molecule has 1 rings (SSSR count). The van der Waals surface area contributed by atoms with Crippen molar-refractivity contribution < 1.29 is 0 Å². The molecule has 0 saturated carbocycles. The van der Waals surface area contributed by atoms with Crippen molar-refractivity contribution in [3.63, 3.8) is 0 Å². The van der Waals surface area contributed by atoms with Gasteiger partial charge < -0.3 is 6.15 Å². The van der Waals surface area contributed by atoms with Gasteiger partial charge in [0, 0.05) is 0 Å². The zero-order valence-corrected chi connectivity index (χ0v) is 4.22. The van der Waals surface area contributed by atoms with Crippen LogP contribution in [0.3, 0.4) is 0 Å². The molecule has 0 radical (unpaired) electrons. The average molecular weight is 95.1 g/mol. The Balaban J connectivity index is 0.000000360. The van der Waals surface area contributed by atoms with Crippen molar-refractivity contribution in [3.8, 4) is 0 Å². The second kappa shape index (κ2) is 2.37. The van der Waals surface area contributed by atoms with Crippen LogP contribution in [-0.2, 0) is 0 Å². The highest BCUT2D eigenvalue weighted by atomic mass is 14.0. The van der Waals surface area contributed by atoms with Crippen LogP contribution in [0.15, 0.2) is 36.5 Å². The van der Waals surface area contributed by atoms with Crippen molar-refractivity contribution in [2.24, 2.45) is 0 Å². The molecule has 0 aromatic carbocycles. The lowest BCUT2D eigenvalue weighted by molar-refractivity contribution is 1.85. The van der Waals surface area contributed by atoms with Gasteiger partial charge in [0.1, 0.15) is 0 Å². The predicted octanol–water partition coefficient (Wildman–Crippen LogP) is 1.83. The Morgan fingerprint density at radius 1 is 1.14 bits per heavy atom. The molecule has 0 heterocycles. The SMILES string of the molecule is C=C1C=CC=C1.N. The highest BCUT2D eigenvalue weighted by Gasteiger charge is 1.80. The van der Waals surface area contributed by atoms with Crippen LogP contribution in [0.25, 0.3) is 0 Å². The largest absolute Gasteiger partial charge is 0.344 e. The second-order valence-electron chi connectivity index (χ2n) is 1.29. The first-order chi connectivity index (χ1) is 2.89. The summed E-state index contributed by atoms with van der Waals surface area (Å²) in [5.41, 5.74) is 1.09. The molecule has 0 bridgehead atoms. The summed E-state index contributed by atoms with van der Waals surface area (Å²) in [7, 11) is 0. The van der Waals surface area contributed by atoms with Gasteiger partial charge in [-0.3, -0.25) is 0 Å². The monoisotopic (exact) mass is 95.1 g/mol. The lowest BCUT2D eigenvalue weighted by Gasteiger charge is -1.71.